The second-order valence-electron chi connectivity index (χ2n) is 5.46. The highest BCUT2D eigenvalue weighted by molar-refractivity contribution is 7.92. The van der Waals surface area contributed by atoms with E-state index in [1.165, 1.54) is 0 Å². The molecule has 0 radical (unpaired) electrons. The molecule has 1 aliphatic heterocycles. The van der Waals surface area contributed by atoms with Crippen LogP contribution in [0.4, 0.5) is 0 Å². The highest BCUT2D eigenvalue weighted by Crippen LogP contribution is 2.22. The van der Waals surface area contributed by atoms with Gasteiger partial charge in [0.2, 0.25) is 10.0 Å². The quantitative estimate of drug-likeness (QED) is 0.821. The number of hydrogen-bond acceptors (Lipinski definition) is 5. The molecule has 0 aliphatic carbocycles. The van der Waals surface area contributed by atoms with E-state index in [0.29, 0.717) is 12.0 Å². The minimum absolute atomic E-state index is 0.0288. The number of aryl methyl sites for hydroxylation is 1. The van der Waals surface area contributed by atoms with Crippen molar-refractivity contribution in [3.8, 4) is 0 Å². The van der Waals surface area contributed by atoms with Crippen LogP contribution in [0.2, 0.25) is 0 Å². The van der Waals surface area contributed by atoms with Gasteiger partial charge >= 0.3 is 0 Å². The van der Waals surface area contributed by atoms with Gasteiger partial charge in [0.05, 0.1) is 16.4 Å². The first-order valence-corrected chi connectivity index (χ1v) is 9.98. The maximum absolute atomic E-state index is 12.5. The third-order valence-corrected chi connectivity index (χ3v) is 7.17. The van der Waals surface area contributed by atoms with Crippen LogP contribution in [0.15, 0.2) is 17.0 Å². The molecule has 1 aromatic rings. The molecule has 0 amide bonds. The monoisotopic (exact) mass is 332 g/mol. The van der Waals surface area contributed by atoms with Crippen molar-refractivity contribution >= 4 is 19.9 Å². The Bertz CT molecular complexity index is 755. The van der Waals surface area contributed by atoms with Crippen LogP contribution in [0, 0.1) is 13.8 Å². The Hall–Kier alpha value is -0.960. The van der Waals surface area contributed by atoms with Crippen LogP contribution in [-0.4, -0.2) is 34.4 Å². The SMILES string of the molecule is Cc1cc(CN)cc(S(=O)(=O)NC2CCS(=O)(=O)C2)c1C. The highest BCUT2D eigenvalue weighted by atomic mass is 32.2. The molecular formula is C13H20N2O4S2. The Balaban J connectivity index is 2.34. The molecule has 0 aromatic heterocycles. The van der Waals surface area contributed by atoms with E-state index in [4.69, 9.17) is 5.73 Å². The smallest absolute Gasteiger partial charge is 0.241 e. The predicted molar refractivity (Wildman–Crippen MR) is 81.2 cm³/mol. The van der Waals surface area contributed by atoms with E-state index < -0.39 is 25.9 Å². The van der Waals surface area contributed by atoms with Crippen molar-refractivity contribution in [2.24, 2.45) is 5.73 Å². The Kier molecular flexibility index (Phi) is 4.44. The molecule has 0 saturated carbocycles. The molecule has 118 valence electrons. The van der Waals surface area contributed by atoms with Crippen LogP contribution in [0.25, 0.3) is 0 Å². The lowest BCUT2D eigenvalue weighted by Gasteiger charge is -2.15. The molecule has 2 rings (SSSR count). The second-order valence-corrected chi connectivity index (χ2v) is 9.37. The molecule has 3 N–H and O–H groups in total. The molecule has 1 saturated heterocycles. The Morgan fingerprint density at radius 1 is 1.33 bits per heavy atom. The number of benzene rings is 1. The summed E-state index contributed by atoms with van der Waals surface area (Å²) >= 11 is 0. The summed E-state index contributed by atoms with van der Waals surface area (Å²) in [5.74, 6) is -0.109. The van der Waals surface area contributed by atoms with Crippen LogP contribution in [-0.2, 0) is 26.4 Å². The van der Waals surface area contributed by atoms with E-state index in [9.17, 15) is 16.8 Å². The number of nitrogens with two attached hydrogens (primary N) is 1. The minimum atomic E-state index is -3.75. The Morgan fingerprint density at radius 3 is 2.52 bits per heavy atom. The normalized spacial score (nSPS) is 21.6. The number of sulfone groups is 1. The maximum Gasteiger partial charge on any atom is 0.241 e. The largest absolute Gasteiger partial charge is 0.326 e. The first kappa shape index (κ1) is 16.4. The van der Waals surface area contributed by atoms with Crippen LogP contribution in [0.1, 0.15) is 23.1 Å². The van der Waals surface area contributed by atoms with E-state index in [2.05, 4.69) is 4.72 Å². The van der Waals surface area contributed by atoms with Gasteiger partial charge < -0.3 is 5.73 Å². The third-order valence-electron chi connectivity index (χ3n) is 3.76. The van der Waals surface area contributed by atoms with Gasteiger partial charge in [-0.25, -0.2) is 21.6 Å². The molecule has 1 fully saturated rings. The van der Waals surface area contributed by atoms with Gasteiger partial charge in [-0.2, -0.15) is 0 Å². The highest BCUT2D eigenvalue weighted by Gasteiger charge is 2.32. The molecular weight excluding hydrogens is 312 g/mol. The van der Waals surface area contributed by atoms with Crippen LogP contribution >= 0.6 is 0 Å². The van der Waals surface area contributed by atoms with Crippen LogP contribution in [0.5, 0.6) is 0 Å². The summed E-state index contributed by atoms with van der Waals surface area (Å²) in [5.41, 5.74) is 7.82. The van der Waals surface area contributed by atoms with Gasteiger partial charge in [-0.3, -0.25) is 0 Å². The molecule has 1 aliphatic rings. The van der Waals surface area contributed by atoms with Gasteiger partial charge in [-0.05, 0) is 43.0 Å². The first-order valence-electron chi connectivity index (χ1n) is 6.67. The van der Waals surface area contributed by atoms with Crippen molar-refractivity contribution < 1.29 is 16.8 Å². The summed E-state index contributed by atoms with van der Waals surface area (Å²) in [6, 6.07) is 2.85. The summed E-state index contributed by atoms with van der Waals surface area (Å²) < 4.78 is 50.4. The van der Waals surface area contributed by atoms with Gasteiger partial charge in [0.15, 0.2) is 9.84 Å². The fourth-order valence-electron chi connectivity index (χ4n) is 2.47. The minimum Gasteiger partial charge on any atom is -0.326 e. The molecule has 1 heterocycles. The Morgan fingerprint density at radius 2 is 2.00 bits per heavy atom. The fourth-order valence-corrected chi connectivity index (χ4v) is 5.88. The first-order chi connectivity index (χ1) is 9.64. The molecule has 0 spiro atoms. The number of sulfonamides is 1. The van der Waals surface area contributed by atoms with Crippen LogP contribution in [0.3, 0.4) is 0 Å². The van der Waals surface area contributed by atoms with Gasteiger partial charge in [-0.15, -0.1) is 0 Å². The standard InChI is InChI=1S/C13H20N2O4S2/c1-9-5-11(7-14)6-13(10(9)2)21(18,19)15-12-3-4-20(16,17)8-12/h5-6,12,15H,3-4,7-8,14H2,1-2H3. The van der Waals surface area contributed by atoms with Crippen LogP contribution < -0.4 is 10.5 Å². The van der Waals surface area contributed by atoms with Gasteiger partial charge in [0.25, 0.3) is 0 Å². The van der Waals surface area contributed by atoms with Crippen molar-refractivity contribution in [3.05, 3.63) is 28.8 Å². The average Bonchev–Trinajstić information content (AvgIpc) is 2.70. The van der Waals surface area contributed by atoms with E-state index >= 15 is 0 Å². The molecule has 6 nitrogen and oxygen atoms in total. The lowest BCUT2D eigenvalue weighted by molar-refractivity contribution is 0.561. The maximum atomic E-state index is 12.5. The zero-order valence-corrected chi connectivity index (χ0v) is 13.7. The Labute approximate surface area is 125 Å². The zero-order valence-electron chi connectivity index (χ0n) is 12.1. The number of nitrogens with one attached hydrogen (secondary N) is 1. The van der Waals surface area contributed by atoms with Crippen molar-refractivity contribution in [2.75, 3.05) is 11.5 Å². The van der Waals surface area contributed by atoms with Crippen molar-refractivity contribution in [3.63, 3.8) is 0 Å². The topological polar surface area (TPSA) is 106 Å². The fraction of sp³-hybridized carbons (Fsp3) is 0.538. The molecule has 1 unspecified atom stereocenters. The zero-order chi connectivity index (χ0) is 15.8. The summed E-state index contributed by atoms with van der Waals surface area (Å²) in [6.45, 7) is 3.81. The van der Waals surface area contributed by atoms with E-state index in [1.54, 1.807) is 13.0 Å². The second kappa shape index (κ2) is 5.68. The number of hydrogen-bond donors (Lipinski definition) is 2. The van der Waals surface area contributed by atoms with Gasteiger partial charge in [0, 0.05) is 12.6 Å². The van der Waals surface area contributed by atoms with Gasteiger partial charge in [0.1, 0.15) is 0 Å². The molecule has 0 bridgehead atoms. The van der Waals surface area contributed by atoms with Crippen molar-refractivity contribution in [1.82, 2.24) is 4.72 Å². The lowest BCUT2D eigenvalue weighted by atomic mass is 10.1. The van der Waals surface area contributed by atoms with E-state index in [0.717, 1.165) is 11.1 Å². The van der Waals surface area contributed by atoms with Crippen molar-refractivity contribution in [1.29, 1.82) is 0 Å². The van der Waals surface area contributed by atoms with E-state index in [-0.39, 0.29) is 22.9 Å². The third kappa shape index (κ3) is 3.63. The summed E-state index contributed by atoms with van der Waals surface area (Å²) in [5, 5.41) is 0. The summed E-state index contributed by atoms with van der Waals surface area (Å²) in [6.07, 6.45) is 0.316. The molecule has 8 heteroatoms. The van der Waals surface area contributed by atoms with Gasteiger partial charge in [-0.1, -0.05) is 6.07 Å². The lowest BCUT2D eigenvalue weighted by Crippen LogP contribution is -2.36. The average molecular weight is 332 g/mol. The molecule has 21 heavy (non-hydrogen) atoms. The molecule has 1 atom stereocenters. The van der Waals surface area contributed by atoms with Crippen molar-refractivity contribution in [2.45, 2.75) is 37.8 Å². The number of rotatable bonds is 4. The summed E-state index contributed by atoms with van der Waals surface area (Å²) in [4.78, 5) is 0.173. The van der Waals surface area contributed by atoms with E-state index in [1.807, 2.05) is 13.0 Å². The predicted octanol–water partition coefficient (Wildman–Crippen LogP) is 0.228. The molecule has 1 aromatic carbocycles. The summed E-state index contributed by atoms with van der Waals surface area (Å²) in [7, 11) is -6.88.